The number of carbonyl (C=O) groups excluding carboxylic acids is 1. The van der Waals surface area contributed by atoms with E-state index in [0.29, 0.717) is 29.1 Å². The molecule has 1 aromatic heterocycles. The van der Waals surface area contributed by atoms with Gasteiger partial charge in [0.05, 0.1) is 11.0 Å². The number of imidazole rings is 1. The minimum Gasteiger partial charge on any atom is -0.352 e. The molecule has 118 valence electrons. The van der Waals surface area contributed by atoms with Gasteiger partial charge in [0.25, 0.3) is 12.3 Å². The van der Waals surface area contributed by atoms with Crippen LogP contribution in [0.4, 0.5) is 8.78 Å². The summed E-state index contributed by atoms with van der Waals surface area (Å²) in [6.07, 6.45) is 2.17. The molecule has 1 heterocycles. The van der Waals surface area contributed by atoms with Crippen LogP contribution in [0.2, 0.25) is 0 Å². The first-order valence-corrected chi connectivity index (χ1v) is 7.59. The normalized spacial score (nSPS) is 15.8. The van der Waals surface area contributed by atoms with Crippen LogP contribution in [0.5, 0.6) is 0 Å². The van der Waals surface area contributed by atoms with E-state index in [9.17, 15) is 13.6 Å². The molecule has 0 aliphatic heterocycles. The van der Waals surface area contributed by atoms with Crippen LogP contribution in [0.15, 0.2) is 18.2 Å². The Kier molecular flexibility index (Phi) is 4.09. The van der Waals surface area contributed by atoms with Gasteiger partial charge in [0.2, 0.25) is 0 Å². The first-order valence-electron chi connectivity index (χ1n) is 7.59. The first kappa shape index (κ1) is 14.9. The largest absolute Gasteiger partial charge is 0.352 e. The molecule has 1 aliphatic carbocycles. The van der Waals surface area contributed by atoms with Gasteiger partial charge < -0.3 is 9.88 Å². The second-order valence-electron chi connectivity index (χ2n) is 5.89. The maximum absolute atomic E-state index is 12.9. The van der Waals surface area contributed by atoms with E-state index in [1.165, 1.54) is 17.4 Å². The Bertz CT molecular complexity index is 690. The molecule has 1 fully saturated rings. The maximum Gasteiger partial charge on any atom is 0.295 e. The molecule has 1 amide bonds. The second-order valence-corrected chi connectivity index (χ2v) is 5.89. The Morgan fingerprint density at radius 3 is 2.82 bits per heavy atom. The van der Waals surface area contributed by atoms with Gasteiger partial charge >= 0.3 is 0 Å². The summed E-state index contributed by atoms with van der Waals surface area (Å²) in [7, 11) is 1.55. The number of aromatic nitrogens is 2. The van der Waals surface area contributed by atoms with E-state index < -0.39 is 6.43 Å². The van der Waals surface area contributed by atoms with Crippen LogP contribution in [0, 0.1) is 5.92 Å². The summed E-state index contributed by atoms with van der Waals surface area (Å²) in [5, 5.41) is 2.93. The predicted molar refractivity (Wildman–Crippen MR) is 80.0 cm³/mol. The fourth-order valence-corrected chi connectivity index (χ4v) is 3.11. The van der Waals surface area contributed by atoms with Gasteiger partial charge in [-0.05, 0) is 37.0 Å². The second kappa shape index (κ2) is 6.02. The van der Waals surface area contributed by atoms with Crippen LogP contribution in [0.1, 0.15) is 48.3 Å². The average Bonchev–Trinajstić information content (AvgIpc) is 3.12. The number of nitrogens with zero attached hydrogens (tertiary/aromatic N) is 2. The van der Waals surface area contributed by atoms with Crippen LogP contribution >= 0.6 is 0 Å². The molecule has 1 aromatic carbocycles. The van der Waals surface area contributed by atoms with Crippen molar-refractivity contribution in [1.82, 2.24) is 14.9 Å². The number of rotatable bonds is 4. The molecule has 6 heteroatoms. The lowest BCUT2D eigenvalue weighted by molar-refractivity contribution is 0.0947. The van der Waals surface area contributed by atoms with E-state index in [4.69, 9.17) is 0 Å². The van der Waals surface area contributed by atoms with Crippen molar-refractivity contribution in [2.75, 3.05) is 6.54 Å². The third kappa shape index (κ3) is 2.82. The summed E-state index contributed by atoms with van der Waals surface area (Å²) in [5.74, 6) is 0.115. The van der Waals surface area contributed by atoms with Crippen molar-refractivity contribution in [3.63, 3.8) is 0 Å². The van der Waals surface area contributed by atoms with Crippen LogP contribution in [-0.2, 0) is 7.05 Å². The number of nitrogens with one attached hydrogen (secondary N) is 1. The standard InChI is InChI=1S/C16H19F2N3O/c1-21-13-7-6-11(8-12(13)20-15(21)14(17)18)16(22)19-9-10-4-2-3-5-10/h6-8,10,14H,2-5,9H2,1H3,(H,19,22). The molecule has 0 unspecified atom stereocenters. The molecule has 1 aliphatic rings. The number of halogens is 2. The van der Waals surface area contributed by atoms with Gasteiger partial charge in [0.15, 0.2) is 5.82 Å². The minimum absolute atomic E-state index is 0.168. The van der Waals surface area contributed by atoms with Crippen molar-refractivity contribution >= 4 is 16.9 Å². The Hall–Kier alpha value is -1.98. The van der Waals surface area contributed by atoms with Crippen molar-refractivity contribution in [2.45, 2.75) is 32.1 Å². The van der Waals surface area contributed by atoms with Crippen molar-refractivity contribution in [1.29, 1.82) is 0 Å². The van der Waals surface area contributed by atoms with Crippen LogP contribution in [0.3, 0.4) is 0 Å². The first-order chi connectivity index (χ1) is 10.6. The van der Waals surface area contributed by atoms with E-state index in [0.717, 1.165) is 12.8 Å². The molecule has 2 aromatic rings. The fourth-order valence-electron chi connectivity index (χ4n) is 3.11. The molecular formula is C16H19F2N3O. The van der Waals surface area contributed by atoms with E-state index in [-0.39, 0.29) is 11.7 Å². The van der Waals surface area contributed by atoms with Crippen molar-refractivity contribution < 1.29 is 13.6 Å². The quantitative estimate of drug-likeness (QED) is 0.940. The number of hydrogen-bond donors (Lipinski definition) is 1. The third-order valence-corrected chi connectivity index (χ3v) is 4.40. The number of carbonyl (C=O) groups is 1. The number of hydrogen-bond acceptors (Lipinski definition) is 2. The van der Waals surface area contributed by atoms with Gasteiger partial charge in [-0.2, -0.15) is 0 Å². The molecule has 0 radical (unpaired) electrons. The van der Waals surface area contributed by atoms with Gasteiger partial charge in [-0.1, -0.05) is 12.8 Å². The molecule has 0 atom stereocenters. The third-order valence-electron chi connectivity index (χ3n) is 4.40. The zero-order valence-corrected chi connectivity index (χ0v) is 12.5. The number of benzene rings is 1. The molecule has 4 nitrogen and oxygen atoms in total. The van der Waals surface area contributed by atoms with E-state index >= 15 is 0 Å². The van der Waals surface area contributed by atoms with Gasteiger partial charge in [-0.15, -0.1) is 0 Å². The highest BCUT2D eigenvalue weighted by Gasteiger charge is 2.19. The highest BCUT2D eigenvalue weighted by molar-refractivity contribution is 5.97. The van der Waals surface area contributed by atoms with Crippen LogP contribution in [0.25, 0.3) is 11.0 Å². The molecule has 3 rings (SSSR count). The summed E-state index contributed by atoms with van der Waals surface area (Å²) < 4.78 is 27.1. The highest BCUT2D eigenvalue weighted by Crippen LogP contribution is 2.25. The van der Waals surface area contributed by atoms with Crippen LogP contribution in [-0.4, -0.2) is 22.0 Å². The van der Waals surface area contributed by atoms with E-state index in [2.05, 4.69) is 10.3 Å². The summed E-state index contributed by atoms with van der Waals surface area (Å²) in [6.45, 7) is 0.682. The van der Waals surface area contributed by atoms with Crippen molar-refractivity contribution in [3.8, 4) is 0 Å². The molecule has 0 bridgehead atoms. The zero-order valence-electron chi connectivity index (χ0n) is 12.5. The molecule has 1 N–H and O–H groups in total. The SMILES string of the molecule is Cn1c(C(F)F)nc2cc(C(=O)NCC3CCCC3)ccc21. The van der Waals surface area contributed by atoms with Crippen molar-refractivity contribution in [3.05, 3.63) is 29.6 Å². The monoisotopic (exact) mass is 307 g/mol. The lowest BCUT2D eigenvalue weighted by atomic mass is 10.1. The Balaban J connectivity index is 1.77. The van der Waals surface area contributed by atoms with Gasteiger partial charge in [-0.3, -0.25) is 4.79 Å². The van der Waals surface area contributed by atoms with Crippen molar-refractivity contribution in [2.24, 2.45) is 13.0 Å². The zero-order chi connectivity index (χ0) is 15.7. The summed E-state index contributed by atoms with van der Waals surface area (Å²) >= 11 is 0. The van der Waals surface area contributed by atoms with Crippen LogP contribution < -0.4 is 5.32 Å². The summed E-state index contributed by atoms with van der Waals surface area (Å²) in [5.41, 5.74) is 1.48. The summed E-state index contributed by atoms with van der Waals surface area (Å²) in [4.78, 5) is 16.1. The van der Waals surface area contributed by atoms with Gasteiger partial charge in [0.1, 0.15) is 0 Å². The lowest BCUT2D eigenvalue weighted by Crippen LogP contribution is -2.28. The number of fused-ring (bicyclic) bond motifs is 1. The maximum atomic E-state index is 12.9. The van der Waals surface area contributed by atoms with E-state index in [1.807, 2.05) is 0 Å². The Labute approximate surface area is 127 Å². The lowest BCUT2D eigenvalue weighted by Gasteiger charge is -2.10. The molecular weight excluding hydrogens is 288 g/mol. The molecule has 0 spiro atoms. The number of aryl methyl sites for hydroxylation is 1. The molecule has 1 saturated carbocycles. The van der Waals surface area contributed by atoms with Gasteiger partial charge in [-0.25, -0.2) is 13.8 Å². The summed E-state index contributed by atoms with van der Waals surface area (Å²) in [6, 6.07) is 4.90. The number of amides is 1. The molecule has 0 saturated heterocycles. The predicted octanol–water partition coefficient (Wildman–Crippen LogP) is 3.43. The topological polar surface area (TPSA) is 46.9 Å². The fraction of sp³-hybridized carbons (Fsp3) is 0.500. The average molecular weight is 307 g/mol. The number of alkyl halides is 2. The Morgan fingerprint density at radius 1 is 1.41 bits per heavy atom. The smallest absolute Gasteiger partial charge is 0.295 e. The Morgan fingerprint density at radius 2 is 2.14 bits per heavy atom. The molecule has 22 heavy (non-hydrogen) atoms. The highest BCUT2D eigenvalue weighted by atomic mass is 19.3. The van der Waals surface area contributed by atoms with E-state index in [1.54, 1.807) is 25.2 Å². The minimum atomic E-state index is -2.63. The van der Waals surface area contributed by atoms with Gasteiger partial charge in [0, 0.05) is 19.2 Å².